The molecule has 0 unspecified atom stereocenters. The summed E-state index contributed by atoms with van der Waals surface area (Å²) in [6.45, 7) is 6.90. The topological polar surface area (TPSA) is 77.4 Å². The van der Waals surface area contributed by atoms with Crippen molar-refractivity contribution in [2.24, 2.45) is 4.99 Å². The van der Waals surface area contributed by atoms with Crippen molar-refractivity contribution in [2.75, 3.05) is 20.3 Å². The smallest absolute Gasteiger partial charge is 0.338 e. The molecule has 7 nitrogen and oxygen atoms in total. The third kappa shape index (κ3) is 6.44. The number of methoxy groups -OCH3 is 1. The zero-order valence-electron chi connectivity index (χ0n) is 21.9. The van der Waals surface area contributed by atoms with Gasteiger partial charge in [-0.05, 0) is 80.1 Å². The molecule has 1 heterocycles. The molecule has 1 aliphatic rings. The van der Waals surface area contributed by atoms with E-state index in [1.165, 1.54) is 17.3 Å². The molecule has 0 aromatic heterocycles. The second-order valence-corrected chi connectivity index (χ2v) is 9.52. The Kier molecular flexibility index (Phi) is 8.86. The lowest BCUT2D eigenvalue weighted by Gasteiger charge is -2.12. The summed E-state index contributed by atoms with van der Waals surface area (Å²) in [6, 6.07) is 20.6. The number of hydrogen-bond acceptors (Lipinski definition) is 7. The van der Waals surface area contributed by atoms with Crippen LogP contribution >= 0.6 is 11.8 Å². The van der Waals surface area contributed by atoms with E-state index in [4.69, 9.17) is 14.2 Å². The van der Waals surface area contributed by atoms with Crippen molar-refractivity contribution < 1.29 is 23.8 Å². The Morgan fingerprint density at radius 3 is 2.58 bits per heavy atom. The molecule has 0 radical (unpaired) electrons. The van der Waals surface area contributed by atoms with Crippen molar-refractivity contribution in [3.8, 4) is 11.5 Å². The van der Waals surface area contributed by atoms with Gasteiger partial charge in [0.25, 0.3) is 5.91 Å². The molecule has 0 spiro atoms. The Labute approximate surface area is 227 Å². The lowest BCUT2D eigenvalue weighted by atomic mass is 10.1. The number of amides is 1. The lowest BCUT2D eigenvalue weighted by Crippen LogP contribution is -2.28. The summed E-state index contributed by atoms with van der Waals surface area (Å²) in [6.07, 6.45) is 1.82. The van der Waals surface area contributed by atoms with Gasteiger partial charge in [0.05, 0.1) is 29.9 Å². The molecule has 1 amide bonds. The maximum absolute atomic E-state index is 13.1. The zero-order valence-corrected chi connectivity index (χ0v) is 22.7. The molecule has 1 aliphatic heterocycles. The van der Waals surface area contributed by atoms with Crippen LogP contribution in [0.15, 0.2) is 76.6 Å². The summed E-state index contributed by atoms with van der Waals surface area (Å²) in [7, 11) is 1.59. The van der Waals surface area contributed by atoms with Crippen molar-refractivity contribution >= 4 is 40.6 Å². The number of benzene rings is 3. The van der Waals surface area contributed by atoms with Gasteiger partial charge in [-0.3, -0.25) is 9.69 Å². The summed E-state index contributed by atoms with van der Waals surface area (Å²) in [5, 5.41) is 0.551. The Hall–Kier alpha value is -4.04. The molecular formula is C30H30N2O5S. The van der Waals surface area contributed by atoms with Crippen LogP contribution in [-0.4, -0.2) is 42.2 Å². The van der Waals surface area contributed by atoms with Gasteiger partial charge in [0, 0.05) is 6.54 Å². The number of carbonyl (C=O) groups is 2. The SMILES string of the molecule is CCOC(=O)c1cccc(N=C2SC(=Cc3ccc(OCc4cccc(C)c4)c(OC)c3)C(=O)N2CC)c1. The van der Waals surface area contributed by atoms with E-state index in [1.54, 1.807) is 43.2 Å². The molecule has 38 heavy (non-hydrogen) atoms. The number of aryl methyl sites for hydroxylation is 1. The van der Waals surface area contributed by atoms with Crippen LogP contribution in [0, 0.1) is 6.92 Å². The molecule has 1 fully saturated rings. The summed E-state index contributed by atoms with van der Waals surface area (Å²) in [5.74, 6) is 0.675. The minimum atomic E-state index is -0.405. The third-order valence-electron chi connectivity index (χ3n) is 5.75. The normalized spacial score (nSPS) is 15.3. The largest absolute Gasteiger partial charge is 0.493 e. The molecule has 3 aromatic carbocycles. The summed E-state index contributed by atoms with van der Waals surface area (Å²) in [5.41, 5.74) is 4.04. The molecular weight excluding hydrogens is 500 g/mol. The molecule has 0 saturated carbocycles. The molecule has 0 bridgehead atoms. The number of aliphatic imine (C=N–C) groups is 1. The average Bonchev–Trinajstić information content (AvgIpc) is 3.21. The molecule has 4 rings (SSSR count). The van der Waals surface area contributed by atoms with E-state index in [-0.39, 0.29) is 5.91 Å². The maximum Gasteiger partial charge on any atom is 0.338 e. The minimum absolute atomic E-state index is 0.128. The van der Waals surface area contributed by atoms with Gasteiger partial charge >= 0.3 is 5.97 Å². The van der Waals surface area contributed by atoms with Gasteiger partial charge < -0.3 is 14.2 Å². The standard InChI is InChI=1S/C30H30N2O5S/c1-5-32-28(33)27(38-30(32)31-24-12-8-11-23(18-24)29(34)36-6-2)17-21-13-14-25(26(16-21)35-4)37-19-22-10-7-9-20(3)15-22/h7-18H,5-6,19H2,1-4H3. The number of nitrogens with zero attached hydrogens (tertiary/aromatic N) is 2. The van der Waals surface area contributed by atoms with Crippen LogP contribution < -0.4 is 9.47 Å². The number of esters is 1. The Bertz CT molecular complexity index is 1400. The van der Waals surface area contributed by atoms with E-state index in [2.05, 4.69) is 11.1 Å². The Balaban J connectivity index is 1.54. The van der Waals surface area contributed by atoms with Crippen LogP contribution in [0.1, 0.15) is 40.9 Å². The molecule has 0 N–H and O–H groups in total. The van der Waals surface area contributed by atoms with E-state index in [1.807, 2.05) is 56.3 Å². The quantitative estimate of drug-likeness (QED) is 0.236. The van der Waals surface area contributed by atoms with Gasteiger partial charge in [0.1, 0.15) is 6.61 Å². The minimum Gasteiger partial charge on any atom is -0.493 e. The van der Waals surface area contributed by atoms with Crippen molar-refractivity contribution in [1.29, 1.82) is 0 Å². The first kappa shape index (κ1) is 27.0. The summed E-state index contributed by atoms with van der Waals surface area (Å²) >= 11 is 1.29. The second-order valence-electron chi connectivity index (χ2n) is 8.51. The van der Waals surface area contributed by atoms with Crippen molar-refractivity contribution in [3.05, 3.63) is 93.9 Å². The van der Waals surface area contributed by atoms with Crippen LogP contribution in [0.25, 0.3) is 6.08 Å². The van der Waals surface area contributed by atoms with Crippen molar-refractivity contribution in [2.45, 2.75) is 27.4 Å². The van der Waals surface area contributed by atoms with Crippen molar-refractivity contribution in [3.63, 3.8) is 0 Å². The third-order valence-corrected chi connectivity index (χ3v) is 6.76. The van der Waals surface area contributed by atoms with Crippen LogP contribution in [0.2, 0.25) is 0 Å². The fraction of sp³-hybridized carbons (Fsp3) is 0.233. The fourth-order valence-corrected chi connectivity index (χ4v) is 4.97. The molecule has 0 aliphatic carbocycles. The van der Waals surface area contributed by atoms with Gasteiger partial charge in [-0.2, -0.15) is 0 Å². The highest BCUT2D eigenvalue weighted by Gasteiger charge is 2.32. The Morgan fingerprint density at radius 1 is 1.03 bits per heavy atom. The molecule has 1 saturated heterocycles. The highest BCUT2D eigenvalue weighted by atomic mass is 32.2. The van der Waals surface area contributed by atoms with Crippen LogP contribution in [-0.2, 0) is 16.1 Å². The van der Waals surface area contributed by atoms with Crippen LogP contribution in [0.5, 0.6) is 11.5 Å². The van der Waals surface area contributed by atoms with Gasteiger partial charge in [0.2, 0.25) is 0 Å². The predicted molar refractivity (Wildman–Crippen MR) is 151 cm³/mol. The second kappa shape index (κ2) is 12.5. The summed E-state index contributed by atoms with van der Waals surface area (Å²) < 4.78 is 16.6. The highest BCUT2D eigenvalue weighted by Crippen LogP contribution is 2.36. The first-order valence-electron chi connectivity index (χ1n) is 12.4. The van der Waals surface area contributed by atoms with Crippen LogP contribution in [0.4, 0.5) is 5.69 Å². The molecule has 8 heteroatoms. The average molecular weight is 531 g/mol. The Morgan fingerprint density at radius 2 is 1.84 bits per heavy atom. The fourth-order valence-electron chi connectivity index (χ4n) is 3.91. The highest BCUT2D eigenvalue weighted by molar-refractivity contribution is 8.18. The molecule has 3 aromatic rings. The lowest BCUT2D eigenvalue weighted by molar-refractivity contribution is -0.122. The predicted octanol–water partition coefficient (Wildman–Crippen LogP) is 6.38. The van der Waals surface area contributed by atoms with E-state index in [0.29, 0.717) is 52.6 Å². The number of carbonyl (C=O) groups excluding carboxylic acids is 2. The van der Waals surface area contributed by atoms with Gasteiger partial charge in [0.15, 0.2) is 16.7 Å². The number of hydrogen-bond donors (Lipinski definition) is 0. The van der Waals surface area contributed by atoms with E-state index in [9.17, 15) is 9.59 Å². The maximum atomic E-state index is 13.1. The van der Waals surface area contributed by atoms with Gasteiger partial charge in [-0.25, -0.2) is 9.79 Å². The molecule has 196 valence electrons. The van der Waals surface area contributed by atoms with Crippen molar-refractivity contribution in [1.82, 2.24) is 4.90 Å². The van der Waals surface area contributed by atoms with Gasteiger partial charge in [-0.15, -0.1) is 0 Å². The number of rotatable bonds is 9. The number of amidine groups is 1. The van der Waals surface area contributed by atoms with Gasteiger partial charge in [-0.1, -0.05) is 42.0 Å². The number of likely N-dealkylation sites (N-methyl/N-ethyl adjacent to an activating group) is 1. The number of ether oxygens (including phenoxy) is 3. The first-order valence-corrected chi connectivity index (χ1v) is 13.2. The monoisotopic (exact) mass is 530 g/mol. The first-order chi connectivity index (χ1) is 18.4. The van der Waals surface area contributed by atoms with E-state index >= 15 is 0 Å². The molecule has 0 atom stereocenters. The number of thioether (sulfide) groups is 1. The summed E-state index contributed by atoms with van der Waals surface area (Å²) in [4.78, 5) is 32.0. The van der Waals surface area contributed by atoms with E-state index in [0.717, 1.165) is 11.1 Å². The van der Waals surface area contributed by atoms with E-state index < -0.39 is 5.97 Å². The van der Waals surface area contributed by atoms with Crippen LogP contribution in [0.3, 0.4) is 0 Å². The zero-order chi connectivity index (χ0) is 27.1.